The van der Waals surface area contributed by atoms with Gasteiger partial charge in [-0.2, -0.15) is 5.10 Å². The van der Waals surface area contributed by atoms with Crippen LogP contribution in [0.3, 0.4) is 0 Å². The summed E-state index contributed by atoms with van der Waals surface area (Å²) in [7, 11) is 1.90. The van der Waals surface area contributed by atoms with Crippen LogP contribution in [0.4, 0.5) is 11.6 Å². The van der Waals surface area contributed by atoms with Crippen LogP contribution in [0.1, 0.15) is 24.5 Å². The van der Waals surface area contributed by atoms with Gasteiger partial charge in [0.1, 0.15) is 18.0 Å². The number of rotatable bonds is 5. The van der Waals surface area contributed by atoms with E-state index in [1.807, 2.05) is 19.4 Å². The molecular formula is C12H18N6. The molecule has 0 saturated carbocycles. The van der Waals surface area contributed by atoms with E-state index in [1.165, 1.54) is 6.33 Å². The molecule has 2 rings (SSSR count). The number of hydrogen-bond donors (Lipinski definition) is 2. The molecule has 2 aromatic rings. The fourth-order valence-corrected chi connectivity index (χ4v) is 1.82. The number of hydrogen-bond acceptors (Lipinski definition) is 5. The molecule has 18 heavy (non-hydrogen) atoms. The maximum absolute atomic E-state index is 5.87. The van der Waals surface area contributed by atoms with Gasteiger partial charge in [0.05, 0.1) is 6.20 Å². The third kappa shape index (κ3) is 2.77. The maximum Gasteiger partial charge on any atom is 0.134 e. The summed E-state index contributed by atoms with van der Waals surface area (Å²) in [6.45, 7) is 2.79. The second-order valence-electron chi connectivity index (χ2n) is 4.21. The lowest BCUT2D eigenvalue weighted by atomic mass is 10.1. The van der Waals surface area contributed by atoms with Crippen molar-refractivity contribution in [2.75, 3.05) is 11.1 Å². The van der Waals surface area contributed by atoms with Gasteiger partial charge in [-0.1, -0.05) is 13.3 Å². The monoisotopic (exact) mass is 246 g/mol. The summed E-state index contributed by atoms with van der Waals surface area (Å²) in [5.41, 5.74) is 7.97. The van der Waals surface area contributed by atoms with E-state index in [1.54, 1.807) is 4.68 Å². The van der Waals surface area contributed by atoms with E-state index < -0.39 is 0 Å². The number of nitrogens with one attached hydrogen (secondary N) is 1. The summed E-state index contributed by atoms with van der Waals surface area (Å²) in [4.78, 5) is 8.28. The molecule has 0 fully saturated rings. The highest BCUT2D eigenvalue weighted by Crippen LogP contribution is 2.19. The second kappa shape index (κ2) is 5.48. The first-order valence-electron chi connectivity index (χ1n) is 6.01. The topological polar surface area (TPSA) is 81.7 Å². The SMILES string of the molecule is CCCc1c(N)ncnc1NCc1cnn(C)c1. The smallest absolute Gasteiger partial charge is 0.134 e. The van der Waals surface area contributed by atoms with Crippen LogP contribution >= 0.6 is 0 Å². The van der Waals surface area contributed by atoms with Gasteiger partial charge in [-0.15, -0.1) is 0 Å². The molecule has 96 valence electrons. The van der Waals surface area contributed by atoms with Crippen molar-refractivity contribution in [2.45, 2.75) is 26.3 Å². The molecule has 0 amide bonds. The van der Waals surface area contributed by atoms with Crippen LogP contribution in [-0.4, -0.2) is 19.7 Å². The van der Waals surface area contributed by atoms with Crippen molar-refractivity contribution in [1.29, 1.82) is 0 Å². The Morgan fingerprint density at radius 2 is 2.22 bits per heavy atom. The van der Waals surface area contributed by atoms with Gasteiger partial charge >= 0.3 is 0 Å². The predicted molar refractivity (Wildman–Crippen MR) is 71.0 cm³/mol. The molecule has 2 heterocycles. The van der Waals surface area contributed by atoms with Gasteiger partial charge in [0.25, 0.3) is 0 Å². The zero-order chi connectivity index (χ0) is 13.0. The zero-order valence-corrected chi connectivity index (χ0v) is 10.7. The molecule has 0 aliphatic heterocycles. The highest BCUT2D eigenvalue weighted by Gasteiger charge is 2.08. The summed E-state index contributed by atoms with van der Waals surface area (Å²) in [6.07, 6.45) is 7.18. The predicted octanol–water partition coefficient (Wildman–Crippen LogP) is 1.36. The summed E-state index contributed by atoms with van der Waals surface area (Å²) < 4.78 is 1.78. The van der Waals surface area contributed by atoms with E-state index >= 15 is 0 Å². The Morgan fingerprint density at radius 1 is 1.39 bits per heavy atom. The van der Waals surface area contributed by atoms with Crippen molar-refractivity contribution >= 4 is 11.6 Å². The summed E-state index contributed by atoms with van der Waals surface area (Å²) in [5.74, 6) is 1.37. The van der Waals surface area contributed by atoms with Crippen LogP contribution in [0.5, 0.6) is 0 Å². The average Bonchev–Trinajstić information content (AvgIpc) is 2.76. The van der Waals surface area contributed by atoms with Gasteiger partial charge in [0, 0.05) is 30.9 Å². The summed E-state index contributed by atoms with van der Waals surface area (Å²) in [5, 5.41) is 7.41. The molecule has 6 heteroatoms. The third-order valence-electron chi connectivity index (χ3n) is 2.70. The van der Waals surface area contributed by atoms with Crippen LogP contribution < -0.4 is 11.1 Å². The van der Waals surface area contributed by atoms with Crippen molar-refractivity contribution in [1.82, 2.24) is 19.7 Å². The molecule has 0 saturated heterocycles. The Morgan fingerprint density at radius 3 is 2.89 bits per heavy atom. The zero-order valence-electron chi connectivity index (χ0n) is 10.7. The molecule has 3 N–H and O–H groups in total. The molecule has 0 bridgehead atoms. The Hall–Kier alpha value is -2.11. The van der Waals surface area contributed by atoms with Crippen molar-refractivity contribution in [3.8, 4) is 0 Å². The molecule has 2 aromatic heterocycles. The lowest BCUT2D eigenvalue weighted by Crippen LogP contribution is -2.08. The number of aryl methyl sites for hydroxylation is 1. The van der Waals surface area contributed by atoms with E-state index in [9.17, 15) is 0 Å². The fourth-order valence-electron chi connectivity index (χ4n) is 1.82. The number of aromatic nitrogens is 4. The lowest BCUT2D eigenvalue weighted by Gasteiger charge is -2.10. The summed E-state index contributed by atoms with van der Waals surface area (Å²) in [6, 6.07) is 0. The first kappa shape index (κ1) is 12.3. The minimum atomic E-state index is 0.556. The van der Waals surface area contributed by atoms with Gasteiger partial charge in [0.2, 0.25) is 0 Å². The number of anilines is 2. The van der Waals surface area contributed by atoms with Crippen LogP contribution in [0.25, 0.3) is 0 Å². The van der Waals surface area contributed by atoms with Gasteiger partial charge < -0.3 is 11.1 Å². The third-order valence-corrected chi connectivity index (χ3v) is 2.70. The number of nitrogens with zero attached hydrogens (tertiary/aromatic N) is 4. The Labute approximate surface area is 106 Å². The van der Waals surface area contributed by atoms with Crippen LogP contribution in [0.2, 0.25) is 0 Å². The fraction of sp³-hybridized carbons (Fsp3) is 0.417. The number of nitrogens with two attached hydrogens (primary N) is 1. The lowest BCUT2D eigenvalue weighted by molar-refractivity contribution is 0.767. The van der Waals surface area contributed by atoms with Crippen molar-refractivity contribution in [2.24, 2.45) is 7.05 Å². The standard InChI is InChI=1S/C12H18N6/c1-3-4-10-11(13)15-8-16-12(10)14-5-9-6-17-18(2)7-9/h6-8H,3-5H2,1-2H3,(H3,13,14,15,16). The maximum atomic E-state index is 5.87. The average molecular weight is 246 g/mol. The van der Waals surface area contributed by atoms with Crippen LogP contribution in [0, 0.1) is 0 Å². The van der Waals surface area contributed by atoms with Gasteiger partial charge in [-0.05, 0) is 6.42 Å². The molecule has 0 unspecified atom stereocenters. The normalized spacial score (nSPS) is 10.6. The molecular weight excluding hydrogens is 228 g/mol. The molecule has 0 spiro atoms. The van der Waals surface area contributed by atoms with Crippen LogP contribution in [-0.2, 0) is 20.0 Å². The molecule has 0 aromatic carbocycles. The molecule has 0 aliphatic rings. The van der Waals surface area contributed by atoms with E-state index in [0.717, 1.165) is 29.8 Å². The molecule has 6 nitrogen and oxygen atoms in total. The highest BCUT2D eigenvalue weighted by atomic mass is 15.2. The van der Waals surface area contributed by atoms with E-state index in [-0.39, 0.29) is 0 Å². The van der Waals surface area contributed by atoms with Gasteiger partial charge in [0.15, 0.2) is 0 Å². The second-order valence-corrected chi connectivity index (χ2v) is 4.21. The van der Waals surface area contributed by atoms with Crippen molar-refractivity contribution in [3.63, 3.8) is 0 Å². The van der Waals surface area contributed by atoms with Gasteiger partial charge in [-0.25, -0.2) is 9.97 Å². The largest absolute Gasteiger partial charge is 0.383 e. The first-order valence-corrected chi connectivity index (χ1v) is 6.01. The summed E-state index contributed by atoms with van der Waals surface area (Å²) >= 11 is 0. The highest BCUT2D eigenvalue weighted by molar-refractivity contribution is 5.55. The van der Waals surface area contributed by atoms with E-state index in [2.05, 4.69) is 27.3 Å². The Balaban J connectivity index is 2.11. The van der Waals surface area contributed by atoms with Crippen LogP contribution in [0.15, 0.2) is 18.7 Å². The van der Waals surface area contributed by atoms with Gasteiger partial charge in [-0.3, -0.25) is 4.68 Å². The molecule has 0 aliphatic carbocycles. The van der Waals surface area contributed by atoms with Crippen molar-refractivity contribution < 1.29 is 0 Å². The first-order chi connectivity index (χ1) is 8.70. The Kier molecular flexibility index (Phi) is 3.76. The molecule has 0 atom stereocenters. The number of nitrogen functional groups attached to an aromatic ring is 1. The minimum Gasteiger partial charge on any atom is -0.383 e. The quantitative estimate of drug-likeness (QED) is 0.832. The Bertz CT molecular complexity index is 519. The van der Waals surface area contributed by atoms with E-state index in [4.69, 9.17) is 5.73 Å². The van der Waals surface area contributed by atoms with Crippen molar-refractivity contribution in [3.05, 3.63) is 29.8 Å². The molecule has 0 radical (unpaired) electrons. The van der Waals surface area contributed by atoms with E-state index in [0.29, 0.717) is 12.4 Å². The minimum absolute atomic E-state index is 0.556.